The number of nitrogens with zero attached hydrogens (tertiary/aromatic N) is 7. The molecule has 0 radical (unpaired) electrons. The van der Waals surface area contributed by atoms with Gasteiger partial charge < -0.3 is 4.90 Å². The summed E-state index contributed by atoms with van der Waals surface area (Å²) in [7, 11) is 1.69. The third-order valence-electron chi connectivity index (χ3n) is 4.94. The number of aryl methyl sites for hydroxylation is 1. The van der Waals surface area contributed by atoms with Crippen molar-refractivity contribution in [3.05, 3.63) is 69.7 Å². The largest absolute Gasteiger partial charge is 0.330 e. The maximum absolute atomic E-state index is 13.3. The number of hydrogen-bond acceptors (Lipinski definition) is 6. The molecule has 9 nitrogen and oxygen atoms in total. The first kappa shape index (κ1) is 17.1. The van der Waals surface area contributed by atoms with Gasteiger partial charge in [-0.2, -0.15) is 0 Å². The minimum absolute atomic E-state index is 0.102. The van der Waals surface area contributed by atoms with E-state index in [0.29, 0.717) is 30.0 Å². The molecule has 0 unspecified atom stereocenters. The Morgan fingerprint density at radius 1 is 1.22 bits per heavy atom. The Morgan fingerprint density at radius 2 is 2.00 bits per heavy atom. The molecule has 0 fully saturated rings. The van der Waals surface area contributed by atoms with Gasteiger partial charge in [0.05, 0.1) is 24.3 Å². The van der Waals surface area contributed by atoms with Crippen LogP contribution in [0.25, 0.3) is 0 Å². The van der Waals surface area contributed by atoms with Crippen LogP contribution in [0.15, 0.2) is 41.5 Å². The highest BCUT2D eigenvalue weighted by Crippen LogP contribution is 2.23. The second kappa shape index (κ2) is 6.75. The molecule has 4 rings (SSSR count). The molecule has 0 bridgehead atoms. The van der Waals surface area contributed by atoms with Gasteiger partial charge in [0, 0.05) is 13.5 Å². The summed E-state index contributed by atoms with van der Waals surface area (Å²) < 4.78 is 2.98. The second-order valence-electron chi connectivity index (χ2n) is 6.64. The Morgan fingerprint density at radius 3 is 2.70 bits per heavy atom. The smallest absolute Gasteiger partial charge is 0.258 e. The average Bonchev–Trinajstić information content (AvgIpc) is 3.34. The SMILES string of the molecule is Cc1nc2c(c(=O)n1C)CN(C(=O)[C@@H](Cc1ccccc1)n1cnnn1)C2. The van der Waals surface area contributed by atoms with Gasteiger partial charge in [0.2, 0.25) is 5.91 Å². The molecule has 1 aromatic carbocycles. The molecule has 0 saturated carbocycles. The average molecular weight is 365 g/mol. The van der Waals surface area contributed by atoms with Crippen molar-refractivity contribution in [3.63, 3.8) is 0 Å². The van der Waals surface area contributed by atoms with Crippen molar-refractivity contribution in [1.82, 2.24) is 34.7 Å². The highest BCUT2D eigenvalue weighted by atomic mass is 16.2. The maximum Gasteiger partial charge on any atom is 0.258 e. The minimum Gasteiger partial charge on any atom is -0.330 e. The van der Waals surface area contributed by atoms with Gasteiger partial charge in [0.25, 0.3) is 5.56 Å². The number of rotatable bonds is 4. The summed E-state index contributed by atoms with van der Waals surface area (Å²) in [5.74, 6) is 0.498. The first-order chi connectivity index (χ1) is 13.0. The summed E-state index contributed by atoms with van der Waals surface area (Å²) in [6.07, 6.45) is 1.90. The number of tetrazole rings is 1. The minimum atomic E-state index is -0.582. The van der Waals surface area contributed by atoms with Crippen molar-refractivity contribution in [2.45, 2.75) is 32.5 Å². The van der Waals surface area contributed by atoms with Gasteiger partial charge in [-0.15, -0.1) is 5.10 Å². The van der Waals surface area contributed by atoms with Gasteiger partial charge >= 0.3 is 0 Å². The fourth-order valence-electron chi connectivity index (χ4n) is 3.34. The Kier molecular flexibility index (Phi) is 4.27. The van der Waals surface area contributed by atoms with Gasteiger partial charge in [-0.05, 0) is 22.9 Å². The Hall–Kier alpha value is -3.36. The van der Waals surface area contributed by atoms with Crippen LogP contribution in [0, 0.1) is 6.92 Å². The standard InChI is InChI=1S/C18H19N7O2/c1-12-20-15-10-24(9-14(15)17(26)23(12)2)18(27)16(25-11-19-21-22-25)8-13-6-4-3-5-7-13/h3-7,11,16H,8-10H2,1-2H3/t16-/m1/s1. The lowest BCUT2D eigenvalue weighted by molar-refractivity contribution is -0.135. The van der Waals surface area contributed by atoms with E-state index in [1.807, 2.05) is 30.3 Å². The van der Waals surface area contributed by atoms with E-state index in [1.54, 1.807) is 18.9 Å². The molecular formula is C18H19N7O2. The summed E-state index contributed by atoms with van der Waals surface area (Å²) >= 11 is 0. The van der Waals surface area contributed by atoms with Crippen molar-refractivity contribution in [1.29, 1.82) is 0 Å². The first-order valence-corrected chi connectivity index (χ1v) is 8.65. The summed E-state index contributed by atoms with van der Waals surface area (Å²) in [4.78, 5) is 31.9. The molecule has 1 amide bonds. The normalized spacial score (nSPS) is 14.2. The van der Waals surface area contributed by atoms with E-state index in [1.165, 1.54) is 15.6 Å². The predicted molar refractivity (Wildman–Crippen MR) is 95.5 cm³/mol. The van der Waals surface area contributed by atoms with Crippen LogP contribution in [0.5, 0.6) is 0 Å². The highest BCUT2D eigenvalue weighted by molar-refractivity contribution is 5.81. The van der Waals surface area contributed by atoms with E-state index >= 15 is 0 Å². The molecular weight excluding hydrogens is 346 g/mol. The number of aromatic nitrogens is 6. The van der Waals surface area contributed by atoms with Gasteiger partial charge in [0.1, 0.15) is 18.2 Å². The lowest BCUT2D eigenvalue weighted by atomic mass is 10.1. The number of carbonyl (C=O) groups excluding carboxylic acids is 1. The third kappa shape index (κ3) is 3.12. The molecule has 3 aromatic rings. The van der Waals surface area contributed by atoms with Gasteiger partial charge in [-0.3, -0.25) is 14.2 Å². The lowest BCUT2D eigenvalue weighted by Gasteiger charge is -2.22. The van der Waals surface area contributed by atoms with E-state index < -0.39 is 6.04 Å². The highest BCUT2D eigenvalue weighted by Gasteiger charge is 2.33. The second-order valence-corrected chi connectivity index (χ2v) is 6.64. The van der Waals surface area contributed by atoms with Crippen LogP contribution in [0.3, 0.4) is 0 Å². The number of hydrogen-bond donors (Lipinski definition) is 0. The number of carbonyl (C=O) groups is 1. The number of fused-ring (bicyclic) bond motifs is 1. The van der Waals surface area contributed by atoms with Gasteiger partial charge in [-0.1, -0.05) is 30.3 Å². The van der Waals surface area contributed by atoms with E-state index in [2.05, 4.69) is 20.5 Å². The van der Waals surface area contributed by atoms with Crippen LogP contribution >= 0.6 is 0 Å². The molecule has 2 aromatic heterocycles. The predicted octanol–water partition coefficient (Wildman–Crippen LogP) is 0.401. The number of benzene rings is 1. The van der Waals surface area contributed by atoms with E-state index in [9.17, 15) is 9.59 Å². The quantitative estimate of drug-likeness (QED) is 0.664. The van der Waals surface area contributed by atoms with Crippen LogP contribution in [0.2, 0.25) is 0 Å². The van der Waals surface area contributed by atoms with Crippen LogP contribution < -0.4 is 5.56 Å². The van der Waals surface area contributed by atoms with Crippen LogP contribution in [0.4, 0.5) is 0 Å². The summed E-state index contributed by atoms with van der Waals surface area (Å²) in [5.41, 5.74) is 2.15. The van der Waals surface area contributed by atoms with Crippen molar-refractivity contribution >= 4 is 5.91 Å². The summed E-state index contributed by atoms with van der Waals surface area (Å²) in [6, 6.07) is 9.13. The summed E-state index contributed by atoms with van der Waals surface area (Å²) in [5, 5.41) is 11.3. The van der Waals surface area contributed by atoms with Crippen molar-refractivity contribution < 1.29 is 4.79 Å². The molecule has 138 valence electrons. The lowest BCUT2D eigenvalue weighted by Crippen LogP contribution is -2.35. The van der Waals surface area contributed by atoms with Crippen LogP contribution in [-0.2, 0) is 31.4 Å². The van der Waals surface area contributed by atoms with E-state index in [-0.39, 0.29) is 18.0 Å². The van der Waals surface area contributed by atoms with Gasteiger partial charge in [0.15, 0.2) is 0 Å². The van der Waals surface area contributed by atoms with Crippen LogP contribution in [-0.4, -0.2) is 40.6 Å². The van der Waals surface area contributed by atoms with Crippen molar-refractivity contribution in [3.8, 4) is 0 Å². The molecule has 3 heterocycles. The third-order valence-corrected chi connectivity index (χ3v) is 4.94. The zero-order valence-electron chi connectivity index (χ0n) is 15.1. The molecule has 1 atom stereocenters. The Labute approximate surface area is 155 Å². The van der Waals surface area contributed by atoms with Crippen LogP contribution in [0.1, 0.15) is 28.7 Å². The molecule has 1 aliphatic heterocycles. The first-order valence-electron chi connectivity index (χ1n) is 8.65. The molecule has 0 spiro atoms. The summed E-state index contributed by atoms with van der Waals surface area (Å²) in [6.45, 7) is 2.35. The van der Waals surface area contributed by atoms with Crippen molar-refractivity contribution in [2.24, 2.45) is 7.05 Å². The monoisotopic (exact) mass is 365 g/mol. The molecule has 27 heavy (non-hydrogen) atoms. The fraction of sp³-hybridized carbons (Fsp3) is 0.333. The topological polar surface area (TPSA) is 98.8 Å². The molecule has 0 aliphatic carbocycles. The van der Waals surface area contributed by atoms with E-state index in [4.69, 9.17) is 0 Å². The number of amides is 1. The van der Waals surface area contributed by atoms with E-state index in [0.717, 1.165) is 5.56 Å². The zero-order chi connectivity index (χ0) is 19.0. The molecule has 0 N–H and O–H groups in total. The maximum atomic E-state index is 13.3. The molecule has 9 heteroatoms. The Balaban J connectivity index is 1.63. The van der Waals surface area contributed by atoms with Gasteiger partial charge in [-0.25, -0.2) is 9.67 Å². The Bertz CT molecular complexity index is 1030. The molecule has 1 aliphatic rings. The van der Waals surface area contributed by atoms with Crippen molar-refractivity contribution in [2.75, 3.05) is 0 Å². The fourth-order valence-corrected chi connectivity index (χ4v) is 3.34. The zero-order valence-corrected chi connectivity index (χ0v) is 15.1. The molecule has 0 saturated heterocycles.